The van der Waals surface area contributed by atoms with Crippen LogP contribution in [0.4, 0.5) is 32.8 Å². The van der Waals surface area contributed by atoms with Crippen molar-refractivity contribution in [2.75, 3.05) is 10.6 Å². The molecule has 3 aromatic rings. The summed E-state index contributed by atoms with van der Waals surface area (Å²) < 4.78 is 39.4. The fourth-order valence-electron chi connectivity index (χ4n) is 2.72. The van der Waals surface area contributed by atoms with Gasteiger partial charge in [-0.15, -0.1) is 5.56 Å². The van der Waals surface area contributed by atoms with Crippen molar-refractivity contribution < 1.29 is 43.6 Å². The van der Waals surface area contributed by atoms with E-state index in [9.17, 15) is 23.3 Å². The van der Waals surface area contributed by atoms with E-state index in [1.165, 1.54) is 24.5 Å². The van der Waals surface area contributed by atoms with Crippen molar-refractivity contribution in [3.05, 3.63) is 78.6 Å². The molecule has 0 atom stereocenters. The standard InChI is InChI=1S/C19H12ClFIN4O5S.W/c20-14-7-11(22)4-5-15(14)25-18-10(9-27)6-16(26(28)29)19(17(18)21)24-12-2-1-3-13(8-12)32(23,30)31;/h1-8,24-25H,(H2,23,30,31);/q-1;+2. The van der Waals surface area contributed by atoms with Crippen molar-refractivity contribution in [2.24, 2.45) is 5.14 Å². The first-order valence-corrected chi connectivity index (χ1v) is 11.5. The molecule has 0 radical (unpaired) electrons. The second-order valence-electron chi connectivity index (χ2n) is 6.31. The largest absolute Gasteiger partial charge is 2.00 e. The molecule has 3 rings (SSSR count). The number of hydrogen-bond donors (Lipinski definition) is 3. The van der Waals surface area contributed by atoms with Gasteiger partial charge in [-0.05, 0) is 64.7 Å². The molecule has 0 spiro atoms. The fourth-order valence-corrected chi connectivity index (χ4v) is 4.19. The molecule has 9 nitrogen and oxygen atoms in total. The van der Waals surface area contributed by atoms with Gasteiger partial charge in [0.2, 0.25) is 15.7 Å². The van der Waals surface area contributed by atoms with Gasteiger partial charge in [-0.2, -0.15) is 0 Å². The molecular formula is C19H12ClFIN4O5SW+. The third-order valence-electron chi connectivity index (χ3n) is 4.17. The number of carbonyl (C=O) groups excluding carboxylic acids is 1. The molecule has 33 heavy (non-hydrogen) atoms. The maximum Gasteiger partial charge on any atom is 2.00 e. The van der Waals surface area contributed by atoms with Crippen LogP contribution in [0.15, 0.2) is 53.4 Å². The van der Waals surface area contributed by atoms with Gasteiger partial charge in [0.25, 0.3) is 0 Å². The van der Waals surface area contributed by atoms with Gasteiger partial charge >= 0.3 is 21.1 Å². The van der Waals surface area contributed by atoms with Crippen LogP contribution in [0.1, 0.15) is 5.56 Å². The molecule has 0 aromatic heterocycles. The predicted octanol–water partition coefficient (Wildman–Crippen LogP) is 4.58. The quantitative estimate of drug-likeness (QED) is 0.138. The second-order valence-corrected chi connectivity index (χ2v) is 9.53. The summed E-state index contributed by atoms with van der Waals surface area (Å²) in [5.41, 5.74) is -1.95. The minimum atomic E-state index is -4.07. The average Bonchev–Trinajstić information content (AvgIpc) is 2.72. The van der Waals surface area contributed by atoms with Crippen LogP contribution in [0.5, 0.6) is 0 Å². The van der Waals surface area contributed by atoms with Gasteiger partial charge in [-0.3, -0.25) is 10.1 Å². The zero-order valence-electron chi connectivity index (χ0n) is 16.1. The minimum absolute atomic E-state index is 0. The van der Waals surface area contributed by atoms with Crippen LogP contribution in [-0.2, 0) is 35.9 Å². The Morgan fingerprint density at radius 3 is 2.39 bits per heavy atom. The number of benzene rings is 3. The SMILES string of the molecule is NS(=O)(=O)c1cccc(Nc2c([N+](=O)[O-])cc([C-]=O)c(Nc3ccc(I)cc3Cl)c2F)c1.[W+2]. The van der Waals surface area contributed by atoms with Crippen molar-refractivity contribution >= 4 is 78.9 Å². The predicted molar refractivity (Wildman–Crippen MR) is 126 cm³/mol. The number of rotatable bonds is 7. The van der Waals surface area contributed by atoms with Gasteiger partial charge in [0.1, 0.15) is 11.5 Å². The van der Waals surface area contributed by atoms with Crippen LogP contribution in [0.25, 0.3) is 0 Å². The third-order valence-corrected chi connectivity index (χ3v) is 6.07. The number of primary sulfonamides is 1. The normalized spacial score (nSPS) is 10.8. The van der Waals surface area contributed by atoms with E-state index in [-0.39, 0.29) is 42.4 Å². The van der Waals surface area contributed by atoms with Crippen molar-refractivity contribution in [3.8, 4) is 0 Å². The first kappa shape index (κ1) is 27.1. The monoisotopic (exact) mass is 773 g/mol. The molecule has 4 N–H and O–H groups in total. The summed E-state index contributed by atoms with van der Waals surface area (Å²) >= 11 is 8.18. The van der Waals surface area contributed by atoms with Gasteiger partial charge in [-0.1, -0.05) is 23.7 Å². The number of nitrogens with one attached hydrogen (secondary N) is 2. The molecule has 0 heterocycles. The molecule has 14 heteroatoms. The summed E-state index contributed by atoms with van der Waals surface area (Å²) in [4.78, 5) is 21.8. The summed E-state index contributed by atoms with van der Waals surface area (Å²) in [5.74, 6) is -1.17. The molecule has 0 aliphatic rings. The molecule has 0 bridgehead atoms. The maximum absolute atomic E-state index is 15.5. The number of halogens is 3. The van der Waals surface area contributed by atoms with Crippen molar-refractivity contribution in [1.29, 1.82) is 0 Å². The summed E-state index contributed by atoms with van der Waals surface area (Å²) in [5, 5.41) is 22.0. The van der Waals surface area contributed by atoms with Crippen molar-refractivity contribution in [1.82, 2.24) is 0 Å². The number of hydrogen-bond acceptors (Lipinski definition) is 7. The topological polar surface area (TPSA) is 144 Å². The van der Waals surface area contributed by atoms with Crippen LogP contribution < -0.4 is 15.8 Å². The molecular weight excluding hydrogens is 761 g/mol. The van der Waals surface area contributed by atoms with E-state index in [2.05, 4.69) is 10.6 Å². The van der Waals surface area contributed by atoms with Crippen LogP contribution in [0.3, 0.4) is 0 Å². The minimum Gasteiger partial charge on any atom is -0.404 e. The molecule has 0 aliphatic heterocycles. The van der Waals surface area contributed by atoms with Gasteiger partial charge in [0.05, 0.1) is 21.1 Å². The number of anilines is 4. The van der Waals surface area contributed by atoms with Crippen LogP contribution in [-0.4, -0.2) is 19.6 Å². The zero-order valence-corrected chi connectivity index (χ0v) is 22.8. The van der Waals surface area contributed by atoms with E-state index in [0.29, 0.717) is 0 Å². The number of nitrogens with zero attached hydrogens (tertiary/aromatic N) is 1. The number of sulfonamides is 1. The molecule has 0 fully saturated rings. The van der Waals surface area contributed by atoms with E-state index in [0.717, 1.165) is 15.7 Å². The Bertz CT molecular complexity index is 1360. The smallest absolute Gasteiger partial charge is 0.404 e. The number of nitro groups is 1. The zero-order chi connectivity index (χ0) is 23.6. The third kappa shape index (κ3) is 6.27. The number of nitrogens with two attached hydrogens (primary N) is 1. The van der Waals surface area contributed by atoms with E-state index in [1.807, 2.05) is 22.6 Å². The maximum atomic E-state index is 15.5. The molecule has 0 saturated carbocycles. The van der Waals surface area contributed by atoms with E-state index in [4.69, 9.17) is 16.7 Å². The van der Waals surface area contributed by atoms with Gasteiger partial charge in [-0.25, -0.2) is 17.9 Å². The van der Waals surface area contributed by atoms with E-state index < -0.39 is 43.4 Å². The second kappa shape index (κ2) is 10.9. The molecule has 170 valence electrons. The molecule has 0 unspecified atom stereocenters. The van der Waals surface area contributed by atoms with Crippen molar-refractivity contribution in [2.45, 2.75) is 4.90 Å². The summed E-state index contributed by atoms with van der Waals surface area (Å²) in [6, 6.07) is 10.6. The number of nitro benzene ring substituents is 1. The Morgan fingerprint density at radius 2 is 1.82 bits per heavy atom. The first-order chi connectivity index (χ1) is 15.0. The Morgan fingerprint density at radius 1 is 1.12 bits per heavy atom. The molecule has 0 aliphatic carbocycles. The van der Waals surface area contributed by atoms with Crippen LogP contribution in [0.2, 0.25) is 5.02 Å². The van der Waals surface area contributed by atoms with E-state index >= 15 is 4.39 Å². The van der Waals surface area contributed by atoms with Crippen molar-refractivity contribution in [3.63, 3.8) is 0 Å². The summed E-state index contributed by atoms with van der Waals surface area (Å²) in [6.45, 7) is 0. The van der Waals surface area contributed by atoms with Crippen LogP contribution >= 0.6 is 34.2 Å². The first-order valence-electron chi connectivity index (χ1n) is 8.52. The fraction of sp³-hybridized carbons (Fsp3) is 0. The molecule has 0 saturated heterocycles. The van der Waals surface area contributed by atoms with Gasteiger partial charge in [0.15, 0.2) is 0 Å². The Kier molecular flexibility index (Phi) is 8.93. The summed E-state index contributed by atoms with van der Waals surface area (Å²) in [6.07, 6.45) is 1.48. The Balaban J connectivity index is 0.00000385. The van der Waals surface area contributed by atoms with Gasteiger partial charge in [0, 0.05) is 14.9 Å². The molecule has 0 amide bonds. The summed E-state index contributed by atoms with van der Waals surface area (Å²) in [7, 11) is -4.07. The molecule has 3 aromatic carbocycles. The van der Waals surface area contributed by atoms with E-state index in [1.54, 1.807) is 18.2 Å². The average molecular weight is 774 g/mol. The van der Waals surface area contributed by atoms with Crippen LogP contribution in [0, 0.1) is 19.5 Å². The Labute approximate surface area is 220 Å². The van der Waals surface area contributed by atoms with Gasteiger partial charge < -0.3 is 15.4 Å². The Hall–Kier alpha value is -2.12.